The Bertz CT molecular complexity index is 1020. The van der Waals surface area contributed by atoms with E-state index in [2.05, 4.69) is 9.47 Å². The molecule has 0 unspecified atom stereocenters. The monoisotopic (exact) mass is 528 g/mol. The molecule has 0 fully saturated rings. The van der Waals surface area contributed by atoms with Crippen molar-refractivity contribution in [2.45, 2.75) is 31.1 Å². The summed E-state index contributed by atoms with van der Waals surface area (Å²) in [7, 11) is 0. The lowest BCUT2D eigenvalue weighted by Gasteiger charge is -2.19. The maximum atomic E-state index is 13.1. The van der Waals surface area contributed by atoms with Crippen molar-refractivity contribution in [2.24, 2.45) is 0 Å². The normalized spacial score (nSPS) is 12.9. The fraction of sp³-hybridized carbons (Fsp3) is 0.263. The lowest BCUT2D eigenvalue weighted by atomic mass is 10.1. The molecule has 0 aliphatic rings. The zero-order chi connectivity index (χ0) is 27.0. The number of benzene rings is 2. The van der Waals surface area contributed by atoms with Crippen LogP contribution in [0, 0.1) is 0 Å². The van der Waals surface area contributed by atoms with Gasteiger partial charge in [0.2, 0.25) is 0 Å². The summed E-state index contributed by atoms with van der Waals surface area (Å²) < 4.78 is 165. The van der Waals surface area contributed by atoms with E-state index in [4.69, 9.17) is 0 Å². The first-order valence-electron chi connectivity index (χ1n) is 8.69. The molecule has 0 spiro atoms. The number of hydrogen-bond donors (Lipinski definition) is 0. The highest BCUT2D eigenvalue weighted by Crippen LogP contribution is 2.46. The van der Waals surface area contributed by atoms with Crippen LogP contribution in [-0.4, -0.2) is 11.9 Å². The van der Waals surface area contributed by atoms with Gasteiger partial charge < -0.3 is 9.47 Å². The number of alkyl halides is 12. The van der Waals surface area contributed by atoms with Gasteiger partial charge in [-0.2, -0.15) is 52.7 Å². The summed E-state index contributed by atoms with van der Waals surface area (Å²) in [5.41, 5.74) is -9.33. The van der Waals surface area contributed by atoms with E-state index in [0.717, 1.165) is 0 Å². The molecule has 16 heteroatoms. The summed E-state index contributed by atoms with van der Waals surface area (Å²) in [6.45, 7) is 0. The number of esters is 2. The number of ether oxygens (including phenoxy) is 2. The van der Waals surface area contributed by atoms with Crippen molar-refractivity contribution in [1.29, 1.82) is 0 Å². The third-order valence-electron chi connectivity index (χ3n) is 3.97. The molecule has 0 N–H and O–H groups in total. The molecular weight excluding hydrogens is 520 g/mol. The Kier molecular flexibility index (Phi) is 7.38. The quantitative estimate of drug-likeness (QED) is 0.193. The van der Waals surface area contributed by atoms with Crippen LogP contribution in [0.25, 0.3) is 0 Å². The molecule has 2 aromatic rings. The first-order chi connectivity index (χ1) is 15.7. The number of halogens is 12. The van der Waals surface area contributed by atoms with Crippen LogP contribution in [0.1, 0.15) is 28.7 Å². The number of carbonyl (C=O) groups is 2. The molecular formula is C19H8F12O4. The van der Waals surface area contributed by atoms with Crippen LogP contribution in [0.5, 0.6) is 11.5 Å². The van der Waals surface area contributed by atoms with E-state index in [1.807, 2.05) is 0 Å². The van der Waals surface area contributed by atoms with Crippen molar-refractivity contribution in [2.75, 3.05) is 0 Å². The summed E-state index contributed by atoms with van der Waals surface area (Å²) in [6, 6.07) is 1.54. The van der Waals surface area contributed by atoms with Crippen LogP contribution in [-0.2, 0) is 34.3 Å². The fourth-order valence-corrected chi connectivity index (χ4v) is 2.72. The minimum atomic E-state index is -5.69. The molecule has 0 amide bonds. The van der Waals surface area contributed by atoms with Crippen LogP contribution < -0.4 is 9.47 Å². The molecule has 0 aliphatic carbocycles. The predicted octanol–water partition coefficient (Wildman–Crippen LogP) is 6.66. The van der Waals surface area contributed by atoms with E-state index >= 15 is 0 Å². The second-order valence-corrected chi connectivity index (χ2v) is 6.47. The SMILES string of the molecule is O=C(CC(=O)Oc1cccc(C(F)(F)F)c1C(F)(F)F)Oc1cccc(C(F)(F)F)c1C(F)(F)F. The van der Waals surface area contributed by atoms with Crippen LogP contribution in [0.15, 0.2) is 36.4 Å². The van der Waals surface area contributed by atoms with Gasteiger partial charge in [-0.25, -0.2) is 0 Å². The maximum absolute atomic E-state index is 13.1. The van der Waals surface area contributed by atoms with E-state index in [9.17, 15) is 62.3 Å². The lowest BCUT2D eigenvalue weighted by Crippen LogP contribution is -2.23. The molecule has 0 aliphatic heterocycles. The first-order valence-corrected chi connectivity index (χ1v) is 8.69. The van der Waals surface area contributed by atoms with Crippen LogP contribution in [0.3, 0.4) is 0 Å². The van der Waals surface area contributed by atoms with Crippen LogP contribution >= 0.6 is 0 Å². The van der Waals surface area contributed by atoms with Crippen molar-refractivity contribution in [1.82, 2.24) is 0 Å². The highest BCUT2D eigenvalue weighted by atomic mass is 19.4. The Hall–Kier alpha value is -3.46. The number of carbonyl (C=O) groups excluding carboxylic acids is 2. The predicted molar refractivity (Wildman–Crippen MR) is 88.8 cm³/mol. The van der Waals surface area contributed by atoms with Gasteiger partial charge in [0.15, 0.2) is 0 Å². The molecule has 192 valence electrons. The van der Waals surface area contributed by atoms with Gasteiger partial charge in [0.05, 0.1) is 11.1 Å². The van der Waals surface area contributed by atoms with Gasteiger partial charge in [-0.1, -0.05) is 12.1 Å². The highest BCUT2D eigenvalue weighted by Gasteiger charge is 2.47. The van der Waals surface area contributed by atoms with E-state index in [1.165, 1.54) is 0 Å². The van der Waals surface area contributed by atoms with Gasteiger partial charge >= 0.3 is 36.6 Å². The zero-order valence-corrected chi connectivity index (χ0v) is 16.3. The molecule has 2 aromatic carbocycles. The third-order valence-corrected chi connectivity index (χ3v) is 3.97. The lowest BCUT2D eigenvalue weighted by molar-refractivity contribution is -0.164. The minimum absolute atomic E-state index is 0.0285. The largest absolute Gasteiger partial charge is 0.425 e. The molecule has 0 saturated carbocycles. The van der Waals surface area contributed by atoms with E-state index in [0.29, 0.717) is 24.3 Å². The fourth-order valence-electron chi connectivity index (χ4n) is 2.72. The van der Waals surface area contributed by atoms with Crippen molar-refractivity contribution in [3.05, 3.63) is 58.7 Å². The van der Waals surface area contributed by atoms with Gasteiger partial charge in [-0.05, 0) is 24.3 Å². The van der Waals surface area contributed by atoms with E-state index in [-0.39, 0.29) is 12.1 Å². The molecule has 2 rings (SSSR count). The van der Waals surface area contributed by atoms with Gasteiger partial charge in [0.25, 0.3) is 0 Å². The summed E-state index contributed by atoms with van der Waals surface area (Å²) in [5.74, 6) is -7.36. The Morgan fingerprint density at radius 3 is 1.11 bits per heavy atom. The zero-order valence-electron chi connectivity index (χ0n) is 16.3. The Labute approximate surface area is 186 Å². The molecule has 0 aromatic heterocycles. The van der Waals surface area contributed by atoms with Gasteiger partial charge in [0.1, 0.15) is 29.0 Å². The average molecular weight is 528 g/mol. The first kappa shape index (κ1) is 27.8. The van der Waals surface area contributed by atoms with E-state index in [1.54, 1.807) is 0 Å². The van der Waals surface area contributed by atoms with Gasteiger partial charge in [0, 0.05) is 0 Å². The summed E-state index contributed by atoms with van der Waals surface area (Å²) >= 11 is 0. The third kappa shape index (κ3) is 6.79. The molecule has 0 bridgehead atoms. The van der Waals surface area contributed by atoms with Crippen molar-refractivity contribution < 1.29 is 71.7 Å². The molecule has 0 atom stereocenters. The van der Waals surface area contributed by atoms with Crippen molar-refractivity contribution in [3.8, 4) is 11.5 Å². The summed E-state index contributed by atoms with van der Waals surface area (Å²) in [6.07, 6.45) is -24.2. The smallest absolute Gasteiger partial charge is 0.420 e. The highest BCUT2D eigenvalue weighted by molar-refractivity contribution is 5.93. The second-order valence-electron chi connectivity index (χ2n) is 6.47. The Balaban J connectivity index is 2.32. The topological polar surface area (TPSA) is 52.6 Å². The van der Waals surface area contributed by atoms with E-state index < -0.39 is 76.8 Å². The standard InChI is InChI=1S/C19H8F12O4/c20-16(21,22)8-3-1-5-10(14(8)18(26,27)28)34-12(32)7-13(33)35-11-6-2-4-9(17(23,24)25)15(11)19(29,30)31/h1-6H,7H2. The molecule has 0 heterocycles. The van der Waals surface area contributed by atoms with Crippen LogP contribution in [0.2, 0.25) is 0 Å². The van der Waals surface area contributed by atoms with Gasteiger partial charge in [-0.15, -0.1) is 0 Å². The molecule has 4 nitrogen and oxygen atoms in total. The van der Waals surface area contributed by atoms with Crippen molar-refractivity contribution in [3.63, 3.8) is 0 Å². The van der Waals surface area contributed by atoms with Crippen LogP contribution in [0.4, 0.5) is 52.7 Å². The number of rotatable bonds is 4. The summed E-state index contributed by atoms with van der Waals surface area (Å²) in [4.78, 5) is 23.6. The Morgan fingerprint density at radius 1 is 0.543 bits per heavy atom. The maximum Gasteiger partial charge on any atom is 0.420 e. The van der Waals surface area contributed by atoms with Crippen molar-refractivity contribution >= 4 is 11.9 Å². The molecule has 0 radical (unpaired) electrons. The Morgan fingerprint density at radius 2 is 0.857 bits per heavy atom. The molecule has 0 saturated heterocycles. The van der Waals surface area contributed by atoms with Gasteiger partial charge in [-0.3, -0.25) is 9.59 Å². The molecule has 35 heavy (non-hydrogen) atoms. The average Bonchev–Trinajstić information content (AvgIpc) is 2.64. The number of hydrogen-bond acceptors (Lipinski definition) is 4. The summed E-state index contributed by atoms with van der Waals surface area (Å²) in [5, 5.41) is 0. The minimum Gasteiger partial charge on any atom is -0.425 e. The second kappa shape index (κ2) is 9.30.